The molecule has 8 heteroatoms. The van der Waals surface area contributed by atoms with Crippen LogP contribution in [0.5, 0.6) is 0 Å². The average Bonchev–Trinajstić information content (AvgIpc) is 2.93. The molecule has 2 fully saturated rings. The summed E-state index contributed by atoms with van der Waals surface area (Å²) in [6.07, 6.45) is 9.49. The molecule has 7 nitrogen and oxygen atoms in total. The minimum absolute atomic E-state index is 0.0122. The van der Waals surface area contributed by atoms with Gasteiger partial charge in [0.1, 0.15) is 17.2 Å². The zero-order valence-electron chi connectivity index (χ0n) is 22.1. The van der Waals surface area contributed by atoms with Crippen LogP contribution in [0.4, 0.5) is 15.8 Å². The minimum Gasteiger partial charge on any atom is -0.385 e. The fraction of sp³-hybridized carbons (Fsp3) is 0.655. The fourth-order valence-electron chi connectivity index (χ4n) is 6.09. The zero-order chi connectivity index (χ0) is 26.2. The molecule has 1 saturated carbocycles. The van der Waals surface area contributed by atoms with Crippen LogP contribution in [0.2, 0.25) is 0 Å². The van der Waals surface area contributed by atoms with E-state index in [4.69, 9.17) is 15.2 Å². The van der Waals surface area contributed by atoms with Crippen molar-refractivity contribution in [3.05, 3.63) is 56.1 Å². The molecule has 0 aromatic heterocycles. The highest BCUT2D eigenvalue weighted by molar-refractivity contribution is 5.75. The second-order valence-electron chi connectivity index (χ2n) is 10.7. The van der Waals surface area contributed by atoms with Crippen molar-refractivity contribution < 1.29 is 13.9 Å². The molecule has 1 aliphatic carbocycles. The summed E-state index contributed by atoms with van der Waals surface area (Å²) in [6, 6.07) is 6.45. The summed E-state index contributed by atoms with van der Waals surface area (Å²) in [5, 5.41) is 3.36. The number of ether oxygens (including phenoxy) is 2. The van der Waals surface area contributed by atoms with E-state index in [1.807, 2.05) is 4.90 Å². The first kappa shape index (κ1) is 27.7. The molecular weight excluding hydrogens is 473 g/mol. The van der Waals surface area contributed by atoms with E-state index < -0.39 is 10.9 Å². The second kappa shape index (κ2) is 13.5. The Hall–Kier alpha value is -2.29. The molecule has 3 atom stereocenters. The van der Waals surface area contributed by atoms with E-state index in [1.54, 1.807) is 19.2 Å². The van der Waals surface area contributed by atoms with Crippen LogP contribution in [-0.2, 0) is 9.47 Å². The van der Waals surface area contributed by atoms with Gasteiger partial charge >= 0.3 is 0 Å². The second-order valence-corrected chi connectivity index (χ2v) is 10.7. The molecule has 0 bridgehead atoms. The number of piperidine rings is 1. The third-order valence-corrected chi connectivity index (χ3v) is 8.05. The number of nitrogens with zero attached hydrogens (tertiary/aromatic N) is 1. The SMILES string of the molecule is COCCCOC(c1ccc(F)cc1)[C@@H]1CCCN(c2c(N[C@H](CN)CC3CCCCC3)c(=O)c2=O)C1. The third-order valence-electron chi connectivity index (χ3n) is 8.05. The van der Waals surface area contributed by atoms with E-state index in [1.165, 1.54) is 44.2 Å². The summed E-state index contributed by atoms with van der Waals surface area (Å²) < 4.78 is 25.1. The van der Waals surface area contributed by atoms with Gasteiger partial charge in [0.15, 0.2) is 0 Å². The molecule has 204 valence electrons. The van der Waals surface area contributed by atoms with Crippen molar-refractivity contribution >= 4 is 11.4 Å². The van der Waals surface area contributed by atoms with Gasteiger partial charge in [0.2, 0.25) is 0 Å². The van der Waals surface area contributed by atoms with Crippen LogP contribution < -0.4 is 26.8 Å². The summed E-state index contributed by atoms with van der Waals surface area (Å²) in [4.78, 5) is 27.4. The molecule has 1 heterocycles. The Balaban J connectivity index is 1.47. The lowest BCUT2D eigenvalue weighted by Crippen LogP contribution is -2.48. The first-order valence-corrected chi connectivity index (χ1v) is 13.9. The Morgan fingerprint density at radius 1 is 1.05 bits per heavy atom. The van der Waals surface area contributed by atoms with E-state index >= 15 is 0 Å². The Labute approximate surface area is 219 Å². The van der Waals surface area contributed by atoms with E-state index in [-0.39, 0.29) is 23.9 Å². The van der Waals surface area contributed by atoms with Crippen molar-refractivity contribution in [3.63, 3.8) is 0 Å². The van der Waals surface area contributed by atoms with Gasteiger partial charge in [-0.25, -0.2) is 4.39 Å². The van der Waals surface area contributed by atoms with Gasteiger partial charge in [-0.1, -0.05) is 44.2 Å². The highest BCUT2D eigenvalue weighted by Crippen LogP contribution is 2.36. The number of nitrogens with two attached hydrogens (primary N) is 1. The third kappa shape index (κ3) is 6.98. The van der Waals surface area contributed by atoms with Crippen LogP contribution in [0.3, 0.4) is 0 Å². The predicted octanol–water partition coefficient (Wildman–Crippen LogP) is 4.14. The molecule has 0 amide bonds. The molecule has 1 unspecified atom stereocenters. The molecule has 1 saturated heterocycles. The molecule has 0 spiro atoms. The van der Waals surface area contributed by atoms with Crippen molar-refractivity contribution in [2.45, 2.75) is 69.9 Å². The number of benzene rings is 1. The number of halogens is 1. The van der Waals surface area contributed by atoms with Gasteiger partial charge in [-0.05, 0) is 49.3 Å². The summed E-state index contributed by atoms with van der Waals surface area (Å²) >= 11 is 0. The van der Waals surface area contributed by atoms with Crippen LogP contribution >= 0.6 is 0 Å². The number of hydrogen-bond acceptors (Lipinski definition) is 7. The highest BCUT2D eigenvalue weighted by Gasteiger charge is 2.34. The topological polar surface area (TPSA) is 93.9 Å². The van der Waals surface area contributed by atoms with Gasteiger partial charge in [-0.2, -0.15) is 0 Å². The maximum absolute atomic E-state index is 13.6. The maximum Gasteiger partial charge on any atom is 0.253 e. The number of methoxy groups -OCH3 is 1. The first-order chi connectivity index (χ1) is 18.0. The first-order valence-electron chi connectivity index (χ1n) is 13.9. The van der Waals surface area contributed by atoms with Gasteiger partial charge in [-0.15, -0.1) is 0 Å². The molecule has 3 N–H and O–H groups in total. The standard InChI is InChI=1S/C29H42FN3O4/c1-36-15-6-16-37-29(21-10-12-23(30)13-11-21)22-9-5-14-33(19-22)26-25(27(34)28(26)35)32-24(18-31)17-20-7-3-2-4-8-20/h10-13,20,22,24,29,32H,2-9,14-19,31H2,1H3/t22-,24+,29?/m1/s1. The summed E-state index contributed by atoms with van der Waals surface area (Å²) in [6.45, 7) is 2.88. The monoisotopic (exact) mass is 515 g/mol. The van der Waals surface area contributed by atoms with Crippen molar-refractivity contribution in [1.29, 1.82) is 0 Å². The Morgan fingerprint density at radius 2 is 1.81 bits per heavy atom. The van der Waals surface area contributed by atoms with E-state index in [2.05, 4.69) is 5.32 Å². The van der Waals surface area contributed by atoms with E-state index in [0.717, 1.165) is 31.2 Å². The fourth-order valence-corrected chi connectivity index (χ4v) is 6.09. The number of anilines is 2. The Bertz CT molecular complexity index is 1050. The lowest BCUT2D eigenvalue weighted by Gasteiger charge is -2.39. The van der Waals surface area contributed by atoms with Crippen LogP contribution in [0.15, 0.2) is 33.9 Å². The smallest absolute Gasteiger partial charge is 0.253 e. The van der Waals surface area contributed by atoms with E-state index in [0.29, 0.717) is 50.1 Å². The van der Waals surface area contributed by atoms with Crippen molar-refractivity contribution in [3.8, 4) is 0 Å². The summed E-state index contributed by atoms with van der Waals surface area (Å²) in [5.41, 5.74) is 7.06. The maximum atomic E-state index is 13.6. The summed E-state index contributed by atoms with van der Waals surface area (Å²) in [7, 11) is 1.66. The molecule has 37 heavy (non-hydrogen) atoms. The Morgan fingerprint density at radius 3 is 2.51 bits per heavy atom. The zero-order valence-corrected chi connectivity index (χ0v) is 22.1. The van der Waals surface area contributed by atoms with Crippen molar-refractivity contribution in [2.75, 3.05) is 50.2 Å². The number of rotatable bonds is 13. The lowest BCUT2D eigenvalue weighted by molar-refractivity contribution is -0.00239. The molecule has 2 aromatic carbocycles. The molecule has 4 rings (SSSR count). The molecular formula is C29H42FN3O4. The lowest BCUT2D eigenvalue weighted by atomic mass is 9.84. The molecule has 1 aliphatic heterocycles. The normalized spacial score (nSPS) is 20.7. The predicted molar refractivity (Wildman–Crippen MR) is 146 cm³/mol. The number of hydrogen-bond donors (Lipinski definition) is 2. The van der Waals surface area contributed by atoms with Gasteiger partial charge in [0.05, 0.1) is 6.10 Å². The van der Waals surface area contributed by atoms with Gasteiger partial charge in [0.25, 0.3) is 10.9 Å². The van der Waals surface area contributed by atoms with Crippen molar-refractivity contribution in [2.24, 2.45) is 17.6 Å². The van der Waals surface area contributed by atoms with Crippen molar-refractivity contribution in [1.82, 2.24) is 0 Å². The van der Waals surface area contributed by atoms with Crippen LogP contribution in [0, 0.1) is 17.7 Å². The minimum atomic E-state index is -0.440. The van der Waals surface area contributed by atoms with Crippen LogP contribution in [-0.4, -0.2) is 46.0 Å². The van der Waals surface area contributed by atoms with Crippen LogP contribution in [0.1, 0.15) is 69.5 Å². The van der Waals surface area contributed by atoms with Gasteiger partial charge < -0.3 is 25.4 Å². The molecule has 2 aliphatic rings. The van der Waals surface area contributed by atoms with Crippen LogP contribution in [0.25, 0.3) is 0 Å². The Kier molecular flexibility index (Phi) is 10.1. The quantitative estimate of drug-likeness (QED) is 0.306. The number of nitrogens with one attached hydrogen (secondary N) is 1. The summed E-state index contributed by atoms with van der Waals surface area (Å²) in [5.74, 6) is 0.441. The average molecular weight is 516 g/mol. The molecule has 0 radical (unpaired) electrons. The largest absolute Gasteiger partial charge is 0.385 e. The molecule has 2 aromatic rings. The highest BCUT2D eigenvalue weighted by atomic mass is 19.1. The van der Waals surface area contributed by atoms with E-state index in [9.17, 15) is 14.0 Å². The van der Waals surface area contributed by atoms with Gasteiger partial charge in [0, 0.05) is 51.9 Å². The van der Waals surface area contributed by atoms with Gasteiger partial charge in [-0.3, -0.25) is 9.59 Å².